The predicted molar refractivity (Wildman–Crippen MR) is 179 cm³/mol. The molecule has 1 aliphatic carbocycles. The third-order valence-corrected chi connectivity index (χ3v) is 8.96. The van der Waals surface area contributed by atoms with E-state index >= 15 is 0 Å². The quantitative estimate of drug-likeness (QED) is 0.201. The topological polar surface area (TPSA) is 104 Å². The molecule has 1 fully saturated rings. The first kappa shape index (κ1) is 31.5. The number of rotatable bonds is 7. The highest BCUT2D eigenvalue weighted by molar-refractivity contribution is 6.15. The molecule has 0 aromatic heterocycles. The Morgan fingerprint density at radius 3 is 2.02 bits per heavy atom. The van der Waals surface area contributed by atoms with Gasteiger partial charge in [0.15, 0.2) is 11.5 Å². The van der Waals surface area contributed by atoms with Crippen molar-refractivity contribution in [3.63, 3.8) is 0 Å². The number of aliphatic imine (C=N–C) groups is 1. The fourth-order valence-electron chi connectivity index (χ4n) is 6.63. The van der Waals surface area contributed by atoms with Gasteiger partial charge in [0, 0.05) is 17.7 Å². The molecule has 9 heteroatoms. The number of esters is 1. The number of hydrogen-bond donors (Lipinski definition) is 0. The minimum absolute atomic E-state index is 0.0156. The number of fused-ring (bicyclic) bond motifs is 2. The van der Waals surface area contributed by atoms with Crippen LogP contribution in [0.3, 0.4) is 0 Å². The van der Waals surface area contributed by atoms with Crippen LogP contribution in [0.1, 0.15) is 62.2 Å². The summed E-state index contributed by atoms with van der Waals surface area (Å²) in [6.45, 7) is 2.04. The maximum atomic E-state index is 14.9. The molecule has 4 aromatic carbocycles. The summed E-state index contributed by atoms with van der Waals surface area (Å²) >= 11 is 0. The van der Waals surface area contributed by atoms with Crippen molar-refractivity contribution in [1.29, 1.82) is 0 Å². The van der Waals surface area contributed by atoms with Gasteiger partial charge in [-0.15, -0.1) is 0 Å². The van der Waals surface area contributed by atoms with Crippen LogP contribution in [0.15, 0.2) is 89.9 Å². The van der Waals surface area contributed by atoms with Crippen molar-refractivity contribution in [3.05, 3.63) is 113 Å². The van der Waals surface area contributed by atoms with Crippen molar-refractivity contribution >= 4 is 34.7 Å². The zero-order valence-electron chi connectivity index (χ0n) is 27.0. The van der Waals surface area contributed by atoms with Crippen LogP contribution < -0.4 is 19.1 Å². The van der Waals surface area contributed by atoms with Crippen LogP contribution in [0.5, 0.6) is 17.2 Å². The van der Waals surface area contributed by atoms with Gasteiger partial charge in [-0.25, -0.2) is 4.79 Å². The molecule has 6 rings (SSSR count). The number of anilines is 1. The summed E-state index contributed by atoms with van der Waals surface area (Å²) in [4.78, 5) is 48.4. The van der Waals surface area contributed by atoms with Crippen molar-refractivity contribution in [2.75, 3.05) is 33.3 Å². The zero-order valence-corrected chi connectivity index (χ0v) is 27.0. The van der Waals surface area contributed by atoms with Gasteiger partial charge < -0.3 is 18.9 Å². The van der Waals surface area contributed by atoms with E-state index in [2.05, 4.69) is 24.3 Å². The van der Waals surface area contributed by atoms with E-state index < -0.39 is 17.9 Å². The Morgan fingerprint density at radius 1 is 0.766 bits per heavy atom. The van der Waals surface area contributed by atoms with Crippen LogP contribution >= 0.6 is 0 Å². The fraction of sp³-hybridized carbons (Fsp3) is 0.263. The summed E-state index contributed by atoms with van der Waals surface area (Å²) in [7, 11) is 5.80. The van der Waals surface area contributed by atoms with Crippen LogP contribution in [0.4, 0.5) is 11.4 Å². The Bertz CT molecular complexity index is 1840. The molecule has 240 valence electrons. The van der Waals surface area contributed by atoms with E-state index in [1.165, 1.54) is 28.4 Å². The smallest absolute Gasteiger partial charge is 0.337 e. The Labute approximate surface area is 273 Å². The second-order valence-electron chi connectivity index (χ2n) is 11.7. The number of nitrogens with zero attached hydrogens (tertiary/aromatic N) is 2. The van der Waals surface area contributed by atoms with E-state index in [1.807, 2.05) is 31.2 Å². The second-order valence-corrected chi connectivity index (χ2v) is 11.7. The van der Waals surface area contributed by atoms with Crippen molar-refractivity contribution in [3.8, 4) is 17.2 Å². The molecular weight excluding hydrogens is 596 g/mol. The van der Waals surface area contributed by atoms with Crippen molar-refractivity contribution in [2.24, 2.45) is 10.9 Å². The number of aryl methyl sites for hydroxylation is 1. The molecule has 0 N–H and O–H groups in total. The average Bonchev–Trinajstić information content (AvgIpc) is 3.25. The molecule has 0 bridgehead atoms. The van der Waals surface area contributed by atoms with E-state index in [-0.39, 0.29) is 23.2 Å². The Morgan fingerprint density at radius 2 is 1.40 bits per heavy atom. The van der Waals surface area contributed by atoms with Gasteiger partial charge in [-0.05, 0) is 66.8 Å². The maximum absolute atomic E-state index is 14.9. The number of hydrogen-bond acceptors (Lipinski definition) is 8. The summed E-state index contributed by atoms with van der Waals surface area (Å²) in [5.74, 6) is -0.670. The molecule has 0 saturated heterocycles. The number of Topliss-reactive ketones (excluding diaryl/α,β-unsaturated/α-hetero) is 1. The number of methoxy groups -OCH3 is 4. The highest BCUT2D eigenvalue weighted by atomic mass is 16.5. The summed E-state index contributed by atoms with van der Waals surface area (Å²) in [6, 6.07) is 24.9. The van der Waals surface area contributed by atoms with Crippen LogP contribution in [0.25, 0.3) is 0 Å². The van der Waals surface area contributed by atoms with Crippen molar-refractivity contribution in [1.82, 2.24) is 0 Å². The molecule has 2 aliphatic rings. The number of carbonyl (C=O) groups is 3. The molecular formula is C38H36N2O7. The monoisotopic (exact) mass is 632 g/mol. The number of ketones is 1. The van der Waals surface area contributed by atoms with E-state index in [4.69, 9.17) is 23.9 Å². The molecule has 1 amide bonds. The summed E-state index contributed by atoms with van der Waals surface area (Å²) in [6.07, 6.45) is 0.850. The third kappa shape index (κ3) is 5.85. The largest absolute Gasteiger partial charge is 0.493 e. The predicted octanol–water partition coefficient (Wildman–Crippen LogP) is 7.04. The molecule has 1 heterocycles. The second kappa shape index (κ2) is 13.1. The van der Waals surface area contributed by atoms with E-state index in [0.29, 0.717) is 58.3 Å². The number of amides is 1. The normalized spacial score (nSPS) is 18.7. The first-order valence-corrected chi connectivity index (χ1v) is 15.4. The lowest BCUT2D eigenvalue weighted by Gasteiger charge is -2.39. The minimum Gasteiger partial charge on any atom is -0.493 e. The SMILES string of the molecule is COC(=O)c1ccc(C2C3C(=O)CC(c4ccc(C)cc4)CC3=Nc3ccccc3N2C(=O)c2cc(OC)c(OC)c(OC)c2)cc1. The lowest BCUT2D eigenvalue weighted by molar-refractivity contribution is -0.122. The lowest BCUT2D eigenvalue weighted by atomic mass is 9.72. The Kier molecular flexibility index (Phi) is 8.80. The Balaban J connectivity index is 1.54. The van der Waals surface area contributed by atoms with Crippen LogP contribution in [-0.2, 0) is 9.53 Å². The summed E-state index contributed by atoms with van der Waals surface area (Å²) in [5.41, 5.74) is 5.37. The van der Waals surface area contributed by atoms with Crippen LogP contribution in [0, 0.1) is 12.8 Å². The van der Waals surface area contributed by atoms with Gasteiger partial charge in [0.2, 0.25) is 5.75 Å². The molecule has 47 heavy (non-hydrogen) atoms. The fourth-order valence-corrected chi connectivity index (χ4v) is 6.63. The van der Waals surface area contributed by atoms with Gasteiger partial charge in [0.05, 0.1) is 57.3 Å². The van der Waals surface area contributed by atoms with E-state index in [1.54, 1.807) is 41.3 Å². The summed E-state index contributed by atoms with van der Waals surface area (Å²) < 4.78 is 21.6. The summed E-state index contributed by atoms with van der Waals surface area (Å²) in [5, 5.41) is 0. The highest BCUT2D eigenvalue weighted by Gasteiger charge is 2.46. The average molecular weight is 633 g/mol. The van der Waals surface area contributed by atoms with Gasteiger partial charge >= 0.3 is 5.97 Å². The van der Waals surface area contributed by atoms with Gasteiger partial charge in [-0.3, -0.25) is 19.5 Å². The molecule has 4 aromatic rings. The molecule has 1 aliphatic heterocycles. The number of para-hydroxylation sites is 2. The number of ether oxygens (including phenoxy) is 4. The number of benzene rings is 4. The molecule has 3 atom stereocenters. The van der Waals surface area contributed by atoms with Gasteiger partial charge in [0.25, 0.3) is 5.91 Å². The molecule has 0 radical (unpaired) electrons. The Hall–Kier alpha value is -5.44. The first-order chi connectivity index (χ1) is 22.8. The van der Waals surface area contributed by atoms with Gasteiger partial charge in [0.1, 0.15) is 5.78 Å². The minimum atomic E-state index is -0.776. The maximum Gasteiger partial charge on any atom is 0.337 e. The molecule has 0 spiro atoms. The molecule has 3 unspecified atom stereocenters. The van der Waals surface area contributed by atoms with E-state index in [0.717, 1.165) is 11.1 Å². The standard InChI is InChI=1S/C38H36N2O7/c1-22-10-12-23(13-11-22)26-18-29-34(31(41)19-26)35(24-14-16-25(17-15-24)38(43)47-5)40(30-9-7-6-8-28(30)39-29)37(42)27-20-32(44-2)36(46-4)33(21-27)45-3/h6-17,20-21,26,34-35H,18-19H2,1-5H3. The van der Waals surface area contributed by atoms with Gasteiger partial charge in [-0.2, -0.15) is 0 Å². The highest BCUT2D eigenvalue weighted by Crippen LogP contribution is 2.48. The van der Waals surface area contributed by atoms with Crippen LogP contribution in [-0.4, -0.2) is 51.8 Å². The van der Waals surface area contributed by atoms with Crippen molar-refractivity contribution < 1.29 is 33.3 Å². The number of carbonyl (C=O) groups excluding carboxylic acids is 3. The molecule has 1 saturated carbocycles. The third-order valence-electron chi connectivity index (χ3n) is 8.96. The zero-order chi connectivity index (χ0) is 33.2. The van der Waals surface area contributed by atoms with Crippen molar-refractivity contribution in [2.45, 2.75) is 31.7 Å². The van der Waals surface area contributed by atoms with Crippen LogP contribution in [0.2, 0.25) is 0 Å². The van der Waals surface area contributed by atoms with Gasteiger partial charge in [-0.1, -0.05) is 54.1 Å². The molecule has 9 nitrogen and oxygen atoms in total. The lowest BCUT2D eigenvalue weighted by Crippen LogP contribution is -2.45. The van der Waals surface area contributed by atoms with E-state index in [9.17, 15) is 14.4 Å². The first-order valence-electron chi connectivity index (χ1n) is 15.4.